The number of rotatable bonds is 2. The van der Waals surface area contributed by atoms with Crippen molar-refractivity contribution < 1.29 is 17.9 Å². The minimum absolute atomic E-state index is 0.296. The van der Waals surface area contributed by atoms with Crippen LogP contribution in [-0.2, 0) is 19.4 Å². The molecule has 2 aliphatic rings. The second kappa shape index (κ2) is 2.70. The van der Waals surface area contributed by atoms with E-state index in [2.05, 4.69) is 5.32 Å². The topological polar surface area (TPSA) is 75.8 Å². The predicted molar refractivity (Wildman–Crippen MR) is 49.0 cm³/mol. The number of carbonyl (C=O) groups is 1. The third-order valence-corrected chi connectivity index (χ3v) is 5.95. The van der Waals surface area contributed by atoms with Crippen LogP contribution in [-0.4, -0.2) is 30.7 Å². The fraction of sp³-hybridized carbons (Fsp3) is 0.875. The van der Waals surface area contributed by atoms with Crippen LogP contribution in [0.5, 0.6) is 0 Å². The highest BCUT2D eigenvalue weighted by Crippen LogP contribution is 2.42. The highest BCUT2D eigenvalue weighted by Gasteiger charge is 2.66. The Bertz CT molecular complexity index is 371. The quantitative estimate of drug-likeness (QED) is 0.651. The summed E-state index contributed by atoms with van der Waals surface area (Å²) in [7, 11) is -3.47. The van der Waals surface area contributed by atoms with Crippen LogP contribution in [0.4, 0.5) is 0 Å². The first-order valence-corrected chi connectivity index (χ1v) is 6.24. The Hall–Kier alpha value is -0.620. The van der Waals surface area contributed by atoms with Crippen molar-refractivity contribution in [2.45, 2.75) is 43.1 Å². The van der Waals surface area contributed by atoms with E-state index in [0.717, 1.165) is 0 Å². The Kier molecular flexibility index (Phi) is 1.91. The molecule has 6 heteroatoms. The molecule has 0 saturated carbocycles. The van der Waals surface area contributed by atoms with Gasteiger partial charge in [-0.1, -0.05) is 13.8 Å². The van der Waals surface area contributed by atoms with Crippen molar-refractivity contribution in [1.82, 2.24) is 5.32 Å². The van der Waals surface area contributed by atoms with Gasteiger partial charge < -0.3 is 10.1 Å². The molecule has 1 amide bonds. The monoisotopic (exact) mass is 219 g/mol. The van der Waals surface area contributed by atoms with Gasteiger partial charge in [0, 0.05) is 0 Å². The Morgan fingerprint density at radius 3 is 2.50 bits per heavy atom. The molecule has 1 N–H and O–H groups in total. The number of carbonyl (C=O) groups excluding carboxylic acids is 1. The minimum atomic E-state index is -3.47. The molecular weight excluding hydrogens is 206 g/mol. The van der Waals surface area contributed by atoms with Crippen molar-refractivity contribution in [2.75, 3.05) is 0 Å². The van der Waals surface area contributed by atoms with Crippen molar-refractivity contribution in [1.29, 1.82) is 0 Å². The molecule has 0 bridgehead atoms. The normalized spacial score (nSPS) is 37.1. The van der Waals surface area contributed by atoms with Gasteiger partial charge >= 0.3 is 0 Å². The lowest BCUT2D eigenvalue weighted by atomic mass is 10.0. The predicted octanol–water partition coefficient (Wildman–Crippen LogP) is -0.228. The van der Waals surface area contributed by atoms with E-state index in [1.165, 1.54) is 0 Å². The van der Waals surface area contributed by atoms with Gasteiger partial charge in [0.25, 0.3) is 0 Å². The summed E-state index contributed by atoms with van der Waals surface area (Å²) in [5.74, 6) is -0.416. The lowest BCUT2D eigenvalue weighted by molar-refractivity contribution is -0.124. The van der Waals surface area contributed by atoms with Gasteiger partial charge in [0.05, 0.1) is 0 Å². The van der Waals surface area contributed by atoms with Crippen molar-refractivity contribution in [3.8, 4) is 0 Å². The molecule has 2 atom stereocenters. The number of nitrogens with one attached hydrogen (secondary N) is 1. The van der Waals surface area contributed by atoms with Crippen LogP contribution >= 0.6 is 0 Å². The number of sulfone groups is 1. The van der Waals surface area contributed by atoms with Crippen molar-refractivity contribution in [3.63, 3.8) is 0 Å². The minimum Gasteiger partial charge on any atom is -0.331 e. The van der Waals surface area contributed by atoms with Crippen LogP contribution in [0.25, 0.3) is 0 Å². The van der Waals surface area contributed by atoms with E-state index in [1.807, 2.05) is 0 Å². The molecule has 0 aromatic rings. The van der Waals surface area contributed by atoms with E-state index < -0.39 is 32.2 Å². The Balaban J connectivity index is 2.50. The first-order valence-electron chi connectivity index (χ1n) is 4.69. The summed E-state index contributed by atoms with van der Waals surface area (Å²) in [4.78, 5) is 11.7. The number of hydrogen-bond acceptors (Lipinski definition) is 4. The van der Waals surface area contributed by atoms with Gasteiger partial charge in [0.15, 0.2) is 20.8 Å². The smallest absolute Gasteiger partial charge is 0.243 e. The molecule has 2 saturated heterocycles. The van der Waals surface area contributed by atoms with Crippen LogP contribution in [0.1, 0.15) is 26.7 Å². The van der Waals surface area contributed by atoms with E-state index in [9.17, 15) is 13.2 Å². The molecule has 0 aromatic carbocycles. The molecule has 14 heavy (non-hydrogen) atoms. The van der Waals surface area contributed by atoms with Gasteiger partial charge in [-0.3, -0.25) is 4.79 Å². The van der Waals surface area contributed by atoms with Crippen molar-refractivity contribution in [2.24, 2.45) is 0 Å². The number of hydrogen-bond donors (Lipinski definition) is 1. The van der Waals surface area contributed by atoms with Gasteiger partial charge in [0.2, 0.25) is 11.3 Å². The summed E-state index contributed by atoms with van der Waals surface area (Å²) in [6, 6.07) is 0. The zero-order valence-electron chi connectivity index (χ0n) is 8.11. The van der Waals surface area contributed by atoms with Crippen molar-refractivity contribution >= 4 is 15.7 Å². The van der Waals surface area contributed by atoms with Gasteiger partial charge in [-0.25, -0.2) is 8.42 Å². The molecule has 0 aliphatic carbocycles. The van der Waals surface area contributed by atoms with Crippen LogP contribution in [0.15, 0.2) is 0 Å². The van der Waals surface area contributed by atoms with Crippen molar-refractivity contribution in [3.05, 3.63) is 0 Å². The molecule has 2 aliphatic heterocycles. The molecule has 80 valence electrons. The molecule has 2 rings (SSSR count). The van der Waals surface area contributed by atoms with E-state index >= 15 is 0 Å². The maximum atomic E-state index is 12.0. The molecule has 5 nitrogen and oxygen atoms in total. The number of amides is 1. The molecular formula is C8H13NO4S. The lowest BCUT2D eigenvalue weighted by Gasteiger charge is -2.31. The van der Waals surface area contributed by atoms with E-state index in [4.69, 9.17) is 4.74 Å². The molecule has 0 spiro atoms. The number of epoxide rings is 1. The molecule has 0 aromatic heterocycles. The molecule has 2 fully saturated rings. The maximum Gasteiger partial charge on any atom is 0.243 e. The molecule has 2 heterocycles. The van der Waals surface area contributed by atoms with Gasteiger partial charge in [-0.2, -0.15) is 0 Å². The fourth-order valence-corrected chi connectivity index (χ4v) is 4.25. The summed E-state index contributed by atoms with van der Waals surface area (Å²) < 4.78 is 27.6. The zero-order chi connectivity index (χ0) is 10.6. The van der Waals surface area contributed by atoms with Crippen LogP contribution in [0.3, 0.4) is 0 Å². The third kappa shape index (κ3) is 0.926. The van der Waals surface area contributed by atoms with Gasteiger partial charge in [-0.05, 0) is 12.8 Å². The summed E-state index contributed by atoms with van der Waals surface area (Å²) in [6.07, 6.45) is -0.00664. The largest absolute Gasteiger partial charge is 0.331 e. The Morgan fingerprint density at radius 1 is 1.43 bits per heavy atom. The molecule has 2 unspecified atom stereocenters. The number of ether oxygens (including phenoxy) is 1. The number of fused-ring (bicyclic) bond motifs is 1. The van der Waals surface area contributed by atoms with Crippen LogP contribution < -0.4 is 5.32 Å². The second-order valence-electron chi connectivity index (χ2n) is 3.64. The Morgan fingerprint density at radius 2 is 2.00 bits per heavy atom. The summed E-state index contributed by atoms with van der Waals surface area (Å²) in [5, 5.41) is 2.56. The SMILES string of the molecule is CCC1(CC)C(=O)NC2OC2S1(=O)=O. The average molecular weight is 219 g/mol. The first-order chi connectivity index (χ1) is 6.49. The van der Waals surface area contributed by atoms with Crippen LogP contribution in [0, 0.1) is 0 Å². The lowest BCUT2D eigenvalue weighted by Crippen LogP contribution is -2.58. The Labute approximate surface area is 82.7 Å². The van der Waals surface area contributed by atoms with Gasteiger partial charge in [-0.15, -0.1) is 0 Å². The highest BCUT2D eigenvalue weighted by atomic mass is 32.2. The summed E-state index contributed by atoms with van der Waals surface area (Å²) in [6.45, 7) is 3.42. The second-order valence-corrected chi connectivity index (χ2v) is 5.98. The summed E-state index contributed by atoms with van der Waals surface area (Å²) >= 11 is 0. The molecule has 0 radical (unpaired) electrons. The van der Waals surface area contributed by atoms with E-state index in [0.29, 0.717) is 12.8 Å². The fourth-order valence-electron chi connectivity index (χ4n) is 2.02. The van der Waals surface area contributed by atoms with E-state index in [1.54, 1.807) is 13.8 Å². The van der Waals surface area contributed by atoms with E-state index in [-0.39, 0.29) is 0 Å². The maximum absolute atomic E-state index is 12.0. The zero-order valence-corrected chi connectivity index (χ0v) is 8.93. The first kappa shape index (κ1) is 9.92. The summed E-state index contributed by atoms with van der Waals surface area (Å²) in [5.41, 5.74) is -0.805. The van der Waals surface area contributed by atoms with Gasteiger partial charge in [0.1, 0.15) is 0 Å². The van der Waals surface area contributed by atoms with Crippen LogP contribution in [0.2, 0.25) is 0 Å². The standard InChI is InChI=1S/C8H13NO4S/c1-3-8(4-2)7(10)9-5-6(13-5)14(8,11)12/h5-6H,3-4H2,1-2H3,(H,9,10). The highest BCUT2D eigenvalue weighted by molar-refractivity contribution is 7.94. The average Bonchev–Trinajstić information content (AvgIpc) is 2.86. The third-order valence-electron chi connectivity index (χ3n) is 3.13.